The summed E-state index contributed by atoms with van der Waals surface area (Å²) in [6.45, 7) is 4.50. The van der Waals surface area contributed by atoms with Gasteiger partial charge in [-0.3, -0.25) is 4.79 Å². The second-order valence-electron chi connectivity index (χ2n) is 4.64. The lowest BCUT2D eigenvalue weighted by atomic mass is 10.2. The highest BCUT2D eigenvalue weighted by Gasteiger charge is 2.25. The molecule has 1 aliphatic rings. The number of hydrogen-bond acceptors (Lipinski definition) is 3. The first kappa shape index (κ1) is 11.2. The lowest BCUT2D eigenvalue weighted by Crippen LogP contribution is -2.52. The van der Waals surface area contributed by atoms with Gasteiger partial charge in [-0.05, 0) is 19.1 Å². The van der Waals surface area contributed by atoms with Gasteiger partial charge in [0.2, 0.25) is 0 Å². The number of hydrogen-bond donors (Lipinski definition) is 1. The quantitative estimate of drug-likeness (QED) is 0.806. The summed E-state index contributed by atoms with van der Waals surface area (Å²) >= 11 is 0. The summed E-state index contributed by atoms with van der Waals surface area (Å²) in [6, 6.07) is 5.97. The van der Waals surface area contributed by atoms with Crippen LogP contribution in [0.1, 0.15) is 17.4 Å². The van der Waals surface area contributed by atoms with Crippen LogP contribution in [0, 0.1) is 0 Å². The molecule has 1 fully saturated rings. The average molecular weight is 244 g/mol. The number of aromatic nitrogens is 2. The normalized spacial score (nSPS) is 20.3. The zero-order valence-electron chi connectivity index (χ0n) is 10.3. The first-order chi connectivity index (χ1) is 8.75. The molecule has 18 heavy (non-hydrogen) atoms. The summed E-state index contributed by atoms with van der Waals surface area (Å²) in [6.07, 6.45) is 3.70. The number of carbonyl (C=O) groups is 1. The third-order valence-electron chi connectivity index (χ3n) is 3.35. The van der Waals surface area contributed by atoms with Crippen LogP contribution in [0.4, 0.5) is 0 Å². The van der Waals surface area contributed by atoms with Crippen LogP contribution in [0.25, 0.3) is 5.65 Å². The number of fused-ring (bicyclic) bond motifs is 1. The van der Waals surface area contributed by atoms with Crippen molar-refractivity contribution in [3.05, 3.63) is 36.3 Å². The van der Waals surface area contributed by atoms with Gasteiger partial charge < -0.3 is 14.6 Å². The highest BCUT2D eigenvalue weighted by molar-refractivity contribution is 5.93. The Morgan fingerprint density at radius 2 is 2.39 bits per heavy atom. The van der Waals surface area contributed by atoms with Crippen molar-refractivity contribution in [3.63, 3.8) is 0 Å². The van der Waals surface area contributed by atoms with E-state index < -0.39 is 0 Å². The van der Waals surface area contributed by atoms with Crippen LogP contribution in [0.3, 0.4) is 0 Å². The second-order valence-corrected chi connectivity index (χ2v) is 4.64. The molecule has 2 aromatic rings. The van der Waals surface area contributed by atoms with Crippen LogP contribution in [-0.4, -0.2) is 45.9 Å². The first-order valence-corrected chi connectivity index (χ1v) is 6.21. The molecule has 0 bridgehead atoms. The molecular weight excluding hydrogens is 228 g/mol. The molecule has 2 aromatic heterocycles. The number of pyridine rings is 1. The molecule has 3 heterocycles. The predicted molar refractivity (Wildman–Crippen MR) is 68.6 cm³/mol. The molecule has 1 atom stereocenters. The molecule has 1 aliphatic heterocycles. The van der Waals surface area contributed by atoms with Gasteiger partial charge in [-0.15, -0.1) is 0 Å². The Bertz CT molecular complexity index is 544. The van der Waals surface area contributed by atoms with E-state index in [4.69, 9.17) is 0 Å². The molecule has 3 rings (SSSR count). The summed E-state index contributed by atoms with van der Waals surface area (Å²) < 4.78 is 1.88. The average Bonchev–Trinajstić information content (AvgIpc) is 2.82. The lowest BCUT2D eigenvalue weighted by molar-refractivity contribution is 0.0650. The number of imidazole rings is 1. The van der Waals surface area contributed by atoms with Gasteiger partial charge in [0, 0.05) is 38.1 Å². The van der Waals surface area contributed by atoms with Crippen molar-refractivity contribution in [3.8, 4) is 0 Å². The summed E-state index contributed by atoms with van der Waals surface area (Å²) in [7, 11) is 0. The van der Waals surface area contributed by atoms with E-state index in [1.54, 1.807) is 6.20 Å². The molecule has 0 saturated carbocycles. The molecule has 0 spiro atoms. The molecule has 1 amide bonds. The summed E-state index contributed by atoms with van der Waals surface area (Å²) in [4.78, 5) is 18.7. The van der Waals surface area contributed by atoms with Crippen molar-refractivity contribution in [2.24, 2.45) is 0 Å². The maximum absolute atomic E-state index is 12.4. The number of nitrogens with one attached hydrogen (secondary N) is 1. The van der Waals surface area contributed by atoms with Crippen LogP contribution in [0.2, 0.25) is 0 Å². The molecule has 5 nitrogen and oxygen atoms in total. The SMILES string of the molecule is C[C@@H]1CNCCN1C(=O)c1cn2ccccc2n1. The highest BCUT2D eigenvalue weighted by atomic mass is 16.2. The highest BCUT2D eigenvalue weighted by Crippen LogP contribution is 2.11. The topological polar surface area (TPSA) is 49.6 Å². The van der Waals surface area contributed by atoms with E-state index in [0.29, 0.717) is 5.69 Å². The fourth-order valence-electron chi connectivity index (χ4n) is 2.33. The van der Waals surface area contributed by atoms with E-state index in [-0.39, 0.29) is 11.9 Å². The largest absolute Gasteiger partial charge is 0.332 e. The predicted octanol–water partition coefficient (Wildman–Crippen LogP) is 0.768. The van der Waals surface area contributed by atoms with E-state index in [9.17, 15) is 4.79 Å². The van der Waals surface area contributed by atoms with Gasteiger partial charge in [-0.25, -0.2) is 4.98 Å². The minimum absolute atomic E-state index is 0.0210. The second kappa shape index (κ2) is 4.42. The first-order valence-electron chi connectivity index (χ1n) is 6.21. The van der Waals surface area contributed by atoms with E-state index in [2.05, 4.69) is 17.2 Å². The van der Waals surface area contributed by atoms with Crippen molar-refractivity contribution in [1.29, 1.82) is 0 Å². The maximum Gasteiger partial charge on any atom is 0.274 e. The van der Waals surface area contributed by atoms with E-state index >= 15 is 0 Å². The Hall–Kier alpha value is -1.88. The van der Waals surface area contributed by atoms with Crippen molar-refractivity contribution in [1.82, 2.24) is 19.6 Å². The van der Waals surface area contributed by atoms with E-state index in [1.165, 1.54) is 0 Å². The van der Waals surface area contributed by atoms with Crippen LogP contribution in [0.5, 0.6) is 0 Å². The summed E-state index contributed by atoms with van der Waals surface area (Å²) in [5.41, 5.74) is 1.33. The Morgan fingerprint density at radius 3 is 3.17 bits per heavy atom. The molecular formula is C13H16N4O. The number of amides is 1. The van der Waals surface area contributed by atoms with Gasteiger partial charge in [0.1, 0.15) is 11.3 Å². The lowest BCUT2D eigenvalue weighted by Gasteiger charge is -2.33. The smallest absolute Gasteiger partial charge is 0.274 e. The maximum atomic E-state index is 12.4. The number of carbonyl (C=O) groups excluding carboxylic acids is 1. The van der Waals surface area contributed by atoms with Crippen molar-refractivity contribution >= 4 is 11.6 Å². The molecule has 1 saturated heterocycles. The molecule has 5 heteroatoms. The van der Waals surface area contributed by atoms with Crippen LogP contribution >= 0.6 is 0 Å². The third kappa shape index (κ3) is 1.86. The molecule has 94 valence electrons. The third-order valence-corrected chi connectivity index (χ3v) is 3.35. The summed E-state index contributed by atoms with van der Waals surface area (Å²) in [5.74, 6) is 0.0210. The van der Waals surface area contributed by atoms with Gasteiger partial charge in [0.25, 0.3) is 5.91 Å². The Labute approximate surface area is 105 Å². The Morgan fingerprint density at radius 1 is 1.50 bits per heavy atom. The number of piperazine rings is 1. The van der Waals surface area contributed by atoms with Gasteiger partial charge >= 0.3 is 0 Å². The minimum atomic E-state index is 0.0210. The zero-order chi connectivity index (χ0) is 12.5. The Balaban J connectivity index is 1.91. The van der Waals surface area contributed by atoms with Gasteiger partial charge in [0.05, 0.1) is 0 Å². The van der Waals surface area contributed by atoms with E-state index in [1.807, 2.05) is 33.7 Å². The van der Waals surface area contributed by atoms with Crippen LogP contribution < -0.4 is 5.32 Å². The number of rotatable bonds is 1. The van der Waals surface area contributed by atoms with Crippen LogP contribution in [0.15, 0.2) is 30.6 Å². The van der Waals surface area contributed by atoms with Gasteiger partial charge in [-0.1, -0.05) is 6.07 Å². The fourth-order valence-corrected chi connectivity index (χ4v) is 2.33. The molecule has 0 radical (unpaired) electrons. The summed E-state index contributed by atoms with van der Waals surface area (Å²) in [5, 5.41) is 3.28. The van der Waals surface area contributed by atoms with Crippen molar-refractivity contribution in [2.75, 3.05) is 19.6 Å². The zero-order valence-corrected chi connectivity index (χ0v) is 10.3. The van der Waals surface area contributed by atoms with Crippen molar-refractivity contribution < 1.29 is 4.79 Å². The number of nitrogens with zero attached hydrogens (tertiary/aromatic N) is 3. The molecule has 1 N–H and O–H groups in total. The van der Waals surface area contributed by atoms with E-state index in [0.717, 1.165) is 25.3 Å². The van der Waals surface area contributed by atoms with Crippen LogP contribution in [-0.2, 0) is 0 Å². The van der Waals surface area contributed by atoms with Gasteiger partial charge in [0.15, 0.2) is 0 Å². The molecule has 0 unspecified atom stereocenters. The molecule has 0 aromatic carbocycles. The minimum Gasteiger partial charge on any atom is -0.332 e. The fraction of sp³-hybridized carbons (Fsp3) is 0.385. The monoisotopic (exact) mass is 244 g/mol. The molecule has 0 aliphatic carbocycles. The van der Waals surface area contributed by atoms with Crippen molar-refractivity contribution in [2.45, 2.75) is 13.0 Å². The van der Waals surface area contributed by atoms with Gasteiger partial charge in [-0.2, -0.15) is 0 Å². The Kier molecular flexibility index (Phi) is 2.76. The standard InChI is InChI=1S/C13H16N4O/c1-10-8-14-5-7-17(10)13(18)11-9-16-6-3-2-4-12(16)15-11/h2-4,6,9-10,14H,5,7-8H2,1H3/t10-/m1/s1.